The molecular formula is C10H14Cl2N2O4S. The summed E-state index contributed by atoms with van der Waals surface area (Å²) in [6.07, 6.45) is 0. The molecule has 0 saturated carbocycles. The lowest BCUT2D eigenvalue weighted by Crippen LogP contribution is -2.14. The minimum absolute atomic E-state index is 0.188. The molecule has 19 heavy (non-hydrogen) atoms. The minimum atomic E-state index is -4.03. The van der Waals surface area contributed by atoms with Crippen LogP contribution in [0.5, 0.6) is 0 Å². The standard InChI is InChI=1S/C10H14Cl2N2O4S/c1-4-18-7(15)5-14-10(11)9(19(12,16)17)8(13-14)6(2)3/h6H,4-5H2,1-3H3. The number of halogens is 2. The van der Waals surface area contributed by atoms with Crippen LogP contribution in [0.1, 0.15) is 32.4 Å². The Morgan fingerprint density at radius 2 is 2.05 bits per heavy atom. The van der Waals surface area contributed by atoms with E-state index in [4.69, 9.17) is 27.0 Å². The summed E-state index contributed by atoms with van der Waals surface area (Å²) in [5, 5.41) is 3.83. The van der Waals surface area contributed by atoms with Crippen molar-refractivity contribution >= 4 is 37.3 Å². The number of nitrogens with zero attached hydrogens (tertiary/aromatic N) is 2. The molecule has 6 nitrogen and oxygen atoms in total. The van der Waals surface area contributed by atoms with Gasteiger partial charge in [0.25, 0.3) is 9.05 Å². The van der Waals surface area contributed by atoms with Gasteiger partial charge in [-0.15, -0.1) is 0 Å². The molecule has 0 bridgehead atoms. The molecule has 0 amide bonds. The Morgan fingerprint density at radius 1 is 1.47 bits per heavy atom. The van der Waals surface area contributed by atoms with Crippen LogP contribution >= 0.6 is 22.3 Å². The van der Waals surface area contributed by atoms with Gasteiger partial charge in [0.1, 0.15) is 16.6 Å². The van der Waals surface area contributed by atoms with Gasteiger partial charge in [0.05, 0.1) is 12.3 Å². The van der Waals surface area contributed by atoms with E-state index in [1.165, 1.54) is 0 Å². The van der Waals surface area contributed by atoms with Gasteiger partial charge in [-0.3, -0.25) is 4.79 Å². The summed E-state index contributed by atoms with van der Waals surface area (Å²) in [6, 6.07) is 0. The lowest BCUT2D eigenvalue weighted by Gasteiger charge is -2.02. The van der Waals surface area contributed by atoms with Crippen molar-refractivity contribution in [3.05, 3.63) is 10.8 Å². The van der Waals surface area contributed by atoms with Crippen molar-refractivity contribution in [2.45, 2.75) is 38.1 Å². The first-order valence-electron chi connectivity index (χ1n) is 5.55. The third kappa shape index (κ3) is 3.84. The predicted octanol–water partition coefficient (Wildman–Crippen LogP) is 2.15. The van der Waals surface area contributed by atoms with Gasteiger partial charge in [-0.25, -0.2) is 13.1 Å². The van der Waals surface area contributed by atoms with Crippen LogP contribution in [-0.4, -0.2) is 30.8 Å². The molecule has 0 unspecified atom stereocenters. The van der Waals surface area contributed by atoms with Gasteiger partial charge in [-0.05, 0) is 12.8 Å². The first-order valence-corrected chi connectivity index (χ1v) is 8.23. The van der Waals surface area contributed by atoms with E-state index in [1.807, 2.05) is 0 Å². The van der Waals surface area contributed by atoms with Crippen molar-refractivity contribution in [1.82, 2.24) is 9.78 Å². The van der Waals surface area contributed by atoms with Crippen LogP contribution in [0.3, 0.4) is 0 Å². The summed E-state index contributed by atoms with van der Waals surface area (Å²) in [6.45, 7) is 5.11. The Labute approximate surface area is 121 Å². The normalized spacial score (nSPS) is 11.9. The molecule has 108 valence electrons. The Balaban J connectivity index is 3.27. The molecular weight excluding hydrogens is 315 g/mol. The maximum Gasteiger partial charge on any atom is 0.327 e. The van der Waals surface area contributed by atoms with Crippen LogP contribution in [0, 0.1) is 0 Å². The zero-order chi connectivity index (χ0) is 14.8. The van der Waals surface area contributed by atoms with E-state index in [1.54, 1.807) is 20.8 Å². The first kappa shape index (κ1) is 16.3. The molecule has 1 aromatic rings. The van der Waals surface area contributed by atoms with Crippen molar-refractivity contribution in [2.24, 2.45) is 0 Å². The van der Waals surface area contributed by atoms with E-state index in [2.05, 4.69) is 5.10 Å². The molecule has 1 aromatic heterocycles. The summed E-state index contributed by atoms with van der Waals surface area (Å²) in [5.41, 5.74) is 0.226. The van der Waals surface area contributed by atoms with Gasteiger partial charge in [0.2, 0.25) is 0 Å². The summed E-state index contributed by atoms with van der Waals surface area (Å²) in [4.78, 5) is 11.1. The highest BCUT2D eigenvalue weighted by Gasteiger charge is 2.28. The van der Waals surface area contributed by atoms with Crippen LogP contribution in [0.15, 0.2) is 4.90 Å². The van der Waals surface area contributed by atoms with Gasteiger partial charge in [0, 0.05) is 10.7 Å². The van der Waals surface area contributed by atoms with Crippen molar-refractivity contribution in [2.75, 3.05) is 6.61 Å². The monoisotopic (exact) mass is 328 g/mol. The fraction of sp³-hybridized carbons (Fsp3) is 0.600. The third-order valence-electron chi connectivity index (χ3n) is 2.25. The largest absolute Gasteiger partial charge is 0.465 e. The van der Waals surface area contributed by atoms with E-state index in [0.29, 0.717) is 0 Å². The molecule has 1 heterocycles. The number of esters is 1. The van der Waals surface area contributed by atoms with E-state index in [9.17, 15) is 13.2 Å². The van der Waals surface area contributed by atoms with Gasteiger partial charge in [0.15, 0.2) is 0 Å². The second kappa shape index (κ2) is 6.11. The quantitative estimate of drug-likeness (QED) is 0.611. The third-order valence-corrected chi connectivity index (χ3v) is 4.10. The Hall–Kier alpha value is -0.790. The summed E-state index contributed by atoms with van der Waals surface area (Å²) >= 11 is 5.93. The molecule has 0 saturated heterocycles. The van der Waals surface area contributed by atoms with E-state index in [-0.39, 0.29) is 34.8 Å². The van der Waals surface area contributed by atoms with Crippen LogP contribution in [0.25, 0.3) is 0 Å². The number of ether oxygens (including phenoxy) is 1. The molecule has 0 aromatic carbocycles. The predicted molar refractivity (Wildman–Crippen MR) is 71.0 cm³/mol. The fourth-order valence-electron chi connectivity index (χ4n) is 1.48. The maximum absolute atomic E-state index is 11.5. The molecule has 0 N–H and O–H groups in total. The number of hydrogen-bond acceptors (Lipinski definition) is 5. The second-order valence-electron chi connectivity index (χ2n) is 4.06. The van der Waals surface area contributed by atoms with E-state index < -0.39 is 15.0 Å². The zero-order valence-corrected chi connectivity index (χ0v) is 13.0. The van der Waals surface area contributed by atoms with Gasteiger partial charge in [-0.1, -0.05) is 25.4 Å². The maximum atomic E-state index is 11.5. The van der Waals surface area contributed by atoms with Crippen molar-refractivity contribution in [3.8, 4) is 0 Å². The molecule has 0 aliphatic carbocycles. The highest BCUT2D eigenvalue weighted by atomic mass is 35.7. The van der Waals surface area contributed by atoms with E-state index >= 15 is 0 Å². The van der Waals surface area contributed by atoms with Gasteiger partial charge in [-0.2, -0.15) is 5.10 Å². The smallest absolute Gasteiger partial charge is 0.327 e. The summed E-state index contributed by atoms with van der Waals surface area (Å²) in [5.74, 6) is -0.759. The zero-order valence-electron chi connectivity index (χ0n) is 10.7. The Morgan fingerprint density at radius 3 is 2.42 bits per heavy atom. The molecule has 9 heteroatoms. The van der Waals surface area contributed by atoms with Crippen LogP contribution in [0.2, 0.25) is 5.15 Å². The highest BCUT2D eigenvalue weighted by molar-refractivity contribution is 8.13. The fourth-order valence-corrected chi connectivity index (χ4v) is 3.39. The lowest BCUT2D eigenvalue weighted by atomic mass is 10.1. The van der Waals surface area contributed by atoms with Crippen LogP contribution < -0.4 is 0 Å². The number of carbonyl (C=O) groups excluding carboxylic acids is 1. The first-order chi connectivity index (χ1) is 8.68. The number of carbonyl (C=O) groups is 1. The highest BCUT2D eigenvalue weighted by Crippen LogP contribution is 2.32. The minimum Gasteiger partial charge on any atom is -0.465 e. The number of rotatable bonds is 5. The molecule has 0 atom stereocenters. The van der Waals surface area contributed by atoms with Gasteiger partial charge >= 0.3 is 5.97 Å². The molecule has 0 aliphatic rings. The number of hydrogen-bond donors (Lipinski definition) is 0. The average Bonchev–Trinajstić information content (AvgIpc) is 2.56. The lowest BCUT2D eigenvalue weighted by molar-refractivity contribution is -0.144. The van der Waals surface area contributed by atoms with Crippen LogP contribution in [0.4, 0.5) is 0 Å². The molecule has 0 fully saturated rings. The van der Waals surface area contributed by atoms with Crippen LogP contribution in [-0.2, 0) is 25.1 Å². The molecule has 0 radical (unpaired) electrons. The van der Waals surface area contributed by atoms with Crippen molar-refractivity contribution < 1.29 is 17.9 Å². The molecule has 0 spiro atoms. The van der Waals surface area contributed by atoms with Crippen molar-refractivity contribution in [3.63, 3.8) is 0 Å². The summed E-state index contributed by atoms with van der Waals surface area (Å²) in [7, 11) is 1.31. The topological polar surface area (TPSA) is 78.3 Å². The SMILES string of the molecule is CCOC(=O)Cn1nc(C(C)C)c(S(=O)(=O)Cl)c1Cl. The second-order valence-corrected chi connectivity index (χ2v) is 6.92. The molecule has 1 rings (SSSR count). The Bertz CT molecular complexity index is 581. The van der Waals surface area contributed by atoms with Gasteiger partial charge < -0.3 is 4.74 Å². The average molecular weight is 329 g/mol. The number of aromatic nitrogens is 2. The van der Waals surface area contributed by atoms with E-state index in [0.717, 1.165) is 4.68 Å². The van der Waals surface area contributed by atoms with Crippen molar-refractivity contribution in [1.29, 1.82) is 0 Å². The molecule has 0 aliphatic heterocycles. The Kier molecular flexibility index (Phi) is 5.23. The summed E-state index contributed by atoms with van der Waals surface area (Å²) < 4.78 is 28.9.